The van der Waals surface area contributed by atoms with Crippen LogP contribution in [0.4, 0.5) is 5.82 Å². The highest BCUT2D eigenvalue weighted by molar-refractivity contribution is 5.53. The average molecular weight is 344 g/mol. The van der Waals surface area contributed by atoms with Crippen molar-refractivity contribution < 1.29 is 4.74 Å². The smallest absolute Gasteiger partial charge is 0.332 e. The Balaban J connectivity index is 1.93. The molecule has 9 nitrogen and oxygen atoms in total. The van der Waals surface area contributed by atoms with E-state index < -0.39 is 11.2 Å². The molecule has 0 bridgehead atoms. The van der Waals surface area contributed by atoms with E-state index in [4.69, 9.17) is 4.74 Å². The molecule has 3 rings (SSSR count). The molecule has 1 aliphatic heterocycles. The number of anilines is 1. The van der Waals surface area contributed by atoms with Gasteiger partial charge in [0.1, 0.15) is 11.9 Å². The molecule has 0 saturated carbocycles. The first-order valence-electron chi connectivity index (χ1n) is 7.98. The van der Waals surface area contributed by atoms with E-state index in [0.29, 0.717) is 32.1 Å². The van der Waals surface area contributed by atoms with Gasteiger partial charge in [0, 0.05) is 33.4 Å². The van der Waals surface area contributed by atoms with Gasteiger partial charge >= 0.3 is 5.69 Å². The highest BCUT2D eigenvalue weighted by atomic mass is 16.5. The zero-order valence-corrected chi connectivity index (χ0v) is 14.5. The van der Waals surface area contributed by atoms with Crippen LogP contribution in [-0.2, 0) is 25.4 Å². The zero-order valence-electron chi connectivity index (χ0n) is 14.5. The maximum Gasteiger partial charge on any atom is 0.332 e. The van der Waals surface area contributed by atoms with Crippen LogP contribution in [0.2, 0.25) is 0 Å². The van der Waals surface area contributed by atoms with Gasteiger partial charge in [-0.15, -0.1) is 0 Å². The van der Waals surface area contributed by atoms with Gasteiger partial charge in [-0.05, 0) is 12.5 Å². The summed E-state index contributed by atoms with van der Waals surface area (Å²) in [5, 5.41) is 13.7. The molecular weight excluding hydrogens is 324 g/mol. The minimum atomic E-state index is -0.577. The van der Waals surface area contributed by atoms with E-state index in [1.54, 1.807) is 17.9 Å². The molecule has 132 valence electrons. The van der Waals surface area contributed by atoms with Crippen LogP contribution >= 0.6 is 0 Å². The van der Waals surface area contributed by atoms with Crippen molar-refractivity contribution in [2.24, 2.45) is 14.1 Å². The number of aromatic nitrogens is 4. The number of nitriles is 1. The fraction of sp³-hybridized carbons (Fsp3) is 0.500. The second-order valence-electron chi connectivity index (χ2n) is 6.19. The molecule has 25 heavy (non-hydrogen) atoms. The van der Waals surface area contributed by atoms with Gasteiger partial charge in [-0.3, -0.25) is 18.6 Å². The van der Waals surface area contributed by atoms with Crippen LogP contribution < -0.4 is 16.1 Å². The van der Waals surface area contributed by atoms with E-state index in [-0.39, 0.29) is 11.7 Å². The fourth-order valence-corrected chi connectivity index (χ4v) is 3.10. The minimum Gasteiger partial charge on any atom is -0.373 e. The van der Waals surface area contributed by atoms with Gasteiger partial charge < -0.3 is 9.64 Å². The zero-order chi connectivity index (χ0) is 18.1. The number of aryl methyl sites for hydroxylation is 1. The van der Waals surface area contributed by atoms with Crippen LogP contribution in [0.25, 0.3) is 0 Å². The van der Waals surface area contributed by atoms with Crippen molar-refractivity contribution >= 4 is 5.82 Å². The third-order valence-corrected chi connectivity index (χ3v) is 4.34. The summed E-state index contributed by atoms with van der Waals surface area (Å²) in [6.45, 7) is 3.94. The Labute approximate surface area is 144 Å². The van der Waals surface area contributed by atoms with E-state index in [1.807, 2.05) is 24.1 Å². The van der Waals surface area contributed by atoms with Crippen molar-refractivity contribution in [3.05, 3.63) is 44.4 Å². The van der Waals surface area contributed by atoms with Crippen molar-refractivity contribution in [2.75, 3.05) is 24.6 Å². The number of hydrogen-bond acceptors (Lipinski definition) is 6. The minimum absolute atomic E-state index is 0.0276. The fourth-order valence-electron chi connectivity index (χ4n) is 3.10. The molecule has 0 spiro atoms. The van der Waals surface area contributed by atoms with Crippen LogP contribution in [-0.4, -0.2) is 44.7 Å². The van der Waals surface area contributed by atoms with E-state index in [0.717, 1.165) is 10.1 Å². The summed E-state index contributed by atoms with van der Waals surface area (Å²) < 4.78 is 9.89. The number of ether oxygens (including phenoxy) is 1. The standard InChI is InChI=1S/C16H20N6O3/c1-11-7-18-22(8-11)10-12-9-21(4-5-25-12)14-13(6-17)15(23)20(3)16(24)19(14)2/h7-8,12H,4-5,9-10H2,1-3H3/t12-/m1/s1. The third kappa shape index (κ3) is 3.08. The Morgan fingerprint density at radius 3 is 2.76 bits per heavy atom. The lowest BCUT2D eigenvalue weighted by molar-refractivity contribution is 0.0269. The highest BCUT2D eigenvalue weighted by Gasteiger charge is 2.27. The van der Waals surface area contributed by atoms with E-state index >= 15 is 0 Å². The predicted octanol–water partition coefficient (Wildman–Crippen LogP) is -0.634. The Hall–Kier alpha value is -2.86. The Morgan fingerprint density at radius 1 is 1.36 bits per heavy atom. The number of hydrogen-bond donors (Lipinski definition) is 0. The van der Waals surface area contributed by atoms with Crippen molar-refractivity contribution in [3.8, 4) is 6.07 Å². The second kappa shape index (κ2) is 6.57. The largest absolute Gasteiger partial charge is 0.373 e. The van der Waals surface area contributed by atoms with Gasteiger partial charge in [0.15, 0.2) is 5.56 Å². The lowest BCUT2D eigenvalue weighted by Gasteiger charge is -2.35. The first kappa shape index (κ1) is 17.0. The molecule has 0 aliphatic carbocycles. The van der Waals surface area contributed by atoms with Gasteiger partial charge in [-0.25, -0.2) is 4.79 Å². The molecule has 0 amide bonds. The van der Waals surface area contributed by atoms with Crippen LogP contribution in [0.1, 0.15) is 11.1 Å². The summed E-state index contributed by atoms with van der Waals surface area (Å²) in [4.78, 5) is 26.4. The van der Waals surface area contributed by atoms with Gasteiger partial charge in [0.2, 0.25) is 0 Å². The normalized spacial score (nSPS) is 17.5. The summed E-state index contributed by atoms with van der Waals surface area (Å²) >= 11 is 0. The summed E-state index contributed by atoms with van der Waals surface area (Å²) in [7, 11) is 2.94. The molecule has 2 aromatic heterocycles. The van der Waals surface area contributed by atoms with E-state index in [9.17, 15) is 14.9 Å². The lowest BCUT2D eigenvalue weighted by atomic mass is 10.2. The molecule has 0 unspecified atom stereocenters. The monoisotopic (exact) mass is 344 g/mol. The molecule has 1 fully saturated rings. The lowest BCUT2D eigenvalue weighted by Crippen LogP contribution is -2.49. The van der Waals surface area contributed by atoms with Gasteiger partial charge in [-0.1, -0.05) is 0 Å². The van der Waals surface area contributed by atoms with Gasteiger partial charge in [-0.2, -0.15) is 10.4 Å². The molecule has 2 aromatic rings. The Kier molecular flexibility index (Phi) is 4.46. The molecular formula is C16H20N6O3. The van der Waals surface area contributed by atoms with Crippen LogP contribution in [0.15, 0.2) is 22.0 Å². The molecule has 1 saturated heterocycles. The van der Waals surface area contributed by atoms with Crippen molar-refractivity contribution in [3.63, 3.8) is 0 Å². The summed E-state index contributed by atoms with van der Waals surface area (Å²) in [5.74, 6) is 0.348. The summed E-state index contributed by atoms with van der Waals surface area (Å²) in [6.07, 6.45) is 3.55. The molecule has 0 N–H and O–H groups in total. The van der Waals surface area contributed by atoms with Crippen molar-refractivity contribution in [1.29, 1.82) is 5.26 Å². The van der Waals surface area contributed by atoms with Crippen molar-refractivity contribution in [2.45, 2.75) is 19.6 Å². The molecule has 1 atom stereocenters. The first-order chi connectivity index (χ1) is 11.9. The van der Waals surface area contributed by atoms with Crippen molar-refractivity contribution in [1.82, 2.24) is 18.9 Å². The average Bonchev–Trinajstić information content (AvgIpc) is 3.01. The molecule has 0 radical (unpaired) electrons. The number of rotatable bonds is 3. The Morgan fingerprint density at radius 2 is 2.12 bits per heavy atom. The number of nitrogens with zero attached hydrogens (tertiary/aromatic N) is 6. The SMILES string of the molecule is Cc1cnn(C[C@H]2CN(c3c(C#N)c(=O)n(C)c(=O)n3C)CCO2)c1. The first-order valence-corrected chi connectivity index (χ1v) is 7.98. The Bertz CT molecular complexity index is 948. The number of morpholine rings is 1. The van der Waals surface area contributed by atoms with Gasteiger partial charge in [0.25, 0.3) is 5.56 Å². The quantitative estimate of drug-likeness (QED) is 0.735. The topological polar surface area (TPSA) is 98.1 Å². The summed E-state index contributed by atoms with van der Waals surface area (Å²) in [6, 6.07) is 1.94. The van der Waals surface area contributed by atoms with E-state index in [1.165, 1.54) is 11.6 Å². The second-order valence-corrected chi connectivity index (χ2v) is 6.19. The highest BCUT2D eigenvalue weighted by Crippen LogP contribution is 2.19. The maximum absolute atomic E-state index is 12.3. The molecule has 0 aromatic carbocycles. The third-order valence-electron chi connectivity index (χ3n) is 4.34. The van der Waals surface area contributed by atoms with Crippen LogP contribution in [0, 0.1) is 18.3 Å². The predicted molar refractivity (Wildman–Crippen MR) is 90.6 cm³/mol. The van der Waals surface area contributed by atoms with Crippen LogP contribution in [0.3, 0.4) is 0 Å². The molecule has 9 heteroatoms. The maximum atomic E-state index is 12.3. The van der Waals surface area contributed by atoms with E-state index in [2.05, 4.69) is 5.10 Å². The van der Waals surface area contributed by atoms with Gasteiger partial charge in [0.05, 0.1) is 25.5 Å². The molecule has 3 heterocycles. The summed E-state index contributed by atoms with van der Waals surface area (Å²) in [5.41, 5.74) is 0.00431. The van der Waals surface area contributed by atoms with Crippen LogP contribution in [0.5, 0.6) is 0 Å². The molecule has 1 aliphatic rings.